The van der Waals surface area contributed by atoms with Crippen LogP contribution in [0.3, 0.4) is 0 Å². The van der Waals surface area contributed by atoms with Gasteiger partial charge < -0.3 is 70.6 Å². The van der Waals surface area contributed by atoms with Crippen LogP contribution in [0.5, 0.6) is 0 Å². The van der Waals surface area contributed by atoms with Gasteiger partial charge in [-0.25, -0.2) is 4.90 Å². The van der Waals surface area contributed by atoms with Gasteiger partial charge >= 0.3 is 0 Å². The number of nitrogens with one attached hydrogen (secondary N) is 8. The van der Waals surface area contributed by atoms with E-state index in [1.165, 1.54) is 63.7 Å². The van der Waals surface area contributed by atoms with Crippen LogP contribution in [0.4, 0.5) is 34.1 Å². The molecular weight excluding hydrogens is 1160 g/mol. The summed E-state index contributed by atoms with van der Waals surface area (Å²) in [4.78, 5) is 151. The number of aromatic nitrogens is 4. The minimum Gasteiger partial charge on any atom is -0.352 e. The first-order chi connectivity index (χ1) is 42.8. The number of nitrogens with zero attached hydrogens (tertiary/aromatic N) is 8. The van der Waals surface area contributed by atoms with Crippen LogP contribution in [0, 0.1) is 10.1 Å². The van der Waals surface area contributed by atoms with Crippen molar-refractivity contribution in [2.75, 3.05) is 93.6 Å². The van der Waals surface area contributed by atoms with Gasteiger partial charge in [0.1, 0.15) is 22.8 Å². The zero-order chi connectivity index (χ0) is 65.1. The van der Waals surface area contributed by atoms with Crippen LogP contribution in [0.2, 0.25) is 0 Å². The van der Waals surface area contributed by atoms with Crippen LogP contribution in [0.15, 0.2) is 97.6 Å². The first kappa shape index (κ1) is 65.2. The van der Waals surface area contributed by atoms with Gasteiger partial charge in [0.05, 0.1) is 38.9 Å². The molecule has 8 N–H and O–H groups in total. The van der Waals surface area contributed by atoms with Gasteiger partial charge in [0, 0.05) is 126 Å². The lowest BCUT2D eigenvalue weighted by Gasteiger charge is -2.27. The normalized spacial score (nSPS) is 11.9. The van der Waals surface area contributed by atoms with E-state index in [-0.39, 0.29) is 101 Å². The highest BCUT2D eigenvalue weighted by Crippen LogP contribution is 2.36. The van der Waals surface area contributed by atoms with E-state index in [0.717, 1.165) is 36.9 Å². The predicted molar refractivity (Wildman–Crippen MR) is 337 cm³/mol. The molecule has 0 atom stereocenters. The predicted octanol–water partition coefficient (Wildman–Crippen LogP) is 5.07. The van der Waals surface area contributed by atoms with Gasteiger partial charge in [-0.2, -0.15) is 0 Å². The fourth-order valence-electron chi connectivity index (χ4n) is 10.2. The van der Waals surface area contributed by atoms with E-state index in [9.17, 15) is 58.1 Å². The smallest absolute Gasteiger partial charge is 0.272 e. The fourth-order valence-corrected chi connectivity index (χ4v) is 10.2. The zero-order valence-corrected chi connectivity index (χ0v) is 51.2. The largest absolute Gasteiger partial charge is 0.352 e. The van der Waals surface area contributed by atoms with E-state index in [0.29, 0.717) is 47.2 Å². The van der Waals surface area contributed by atoms with Crippen molar-refractivity contribution in [1.82, 2.24) is 49.3 Å². The highest BCUT2D eigenvalue weighted by atomic mass is 16.6. The van der Waals surface area contributed by atoms with Gasteiger partial charge in [-0.05, 0) is 121 Å². The fraction of sp³-hybridized carbons (Fsp3) is 0.323. The van der Waals surface area contributed by atoms with Crippen LogP contribution < -0.4 is 47.4 Å². The van der Waals surface area contributed by atoms with Gasteiger partial charge in [0.15, 0.2) is 0 Å². The second kappa shape index (κ2) is 28.8. The Labute approximate surface area is 517 Å². The van der Waals surface area contributed by atoms with Crippen LogP contribution in [-0.2, 0) is 37.8 Å². The van der Waals surface area contributed by atoms with Gasteiger partial charge in [-0.1, -0.05) is 12.1 Å². The highest BCUT2D eigenvalue weighted by molar-refractivity contribution is 6.36. The summed E-state index contributed by atoms with van der Waals surface area (Å²) < 4.78 is 6.26. The summed E-state index contributed by atoms with van der Waals surface area (Å²) in [5, 5.41) is 34.7. The molecule has 0 spiro atoms. The molecule has 3 aromatic carbocycles. The van der Waals surface area contributed by atoms with Gasteiger partial charge in [-0.3, -0.25) is 58.1 Å². The maximum Gasteiger partial charge on any atom is 0.272 e. The summed E-state index contributed by atoms with van der Waals surface area (Å²) in [5.74, 6) is -5.68. The number of non-ortho nitro benzene ring substituents is 1. The summed E-state index contributed by atoms with van der Waals surface area (Å²) >= 11 is 0. The molecule has 472 valence electrons. The Bertz CT molecular complexity index is 3800. The molecule has 8 rings (SSSR count). The Morgan fingerprint density at radius 1 is 0.467 bits per heavy atom. The molecular formula is C62H72N16O12. The highest BCUT2D eigenvalue weighted by Gasteiger charge is 2.36. The lowest BCUT2D eigenvalue weighted by Crippen LogP contribution is -2.41. The maximum atomic E-state index is 14.3. The van der Waals surface area contributed by atoms with Crippen molar-refractivity contribution in [3.8, 4) is 0 Å². The molecule has 0 aliphatic carbocycles. The summed E-state index contributed by atoms with van der Waals surface area (Å²) in [6.07, 6.45) is 7.94. The number of benzene rings is 3. The number of carbonyl (C=O) groups is 10. The standard InChI is InChI=1S/C62H72N16O12/c1-71(2)22-12-20-65-57(83)48-30-42(35-73(48)5)69-59(85)50-28-40(33-75(50)7)67-52(79)16-10-18-63-55(81)38-24-39(27-44(26-38)77-61(87)46-15-9-14-37-25-45(78(89)90)32-47(54(37)46)62(77)88)56(82)64-19-11-17-53(80)68-41-29-51(76(8)34-41)60(86)70-43-31-49(74(6)36-43)58(84)66-21-13-23-72(3)4/h9,14-15,24-36H,10-13,16-23H2,1-8H3,(H,63,81)(H,64,82)(H,65,83)(H,66,84)(H,67,79)(H,68,80)(H,69,85)(H,70,86). The first-order valence-electron chi connectivity index (χ1n) is 28.9. The zero-order valence-electron chi connectivity index (χ0n) is 51.2. The molecule has 4 aromatic heterocycles. The van der Waals surface area contributed by atoms with Crippen molar-refractivity contribution in [2.45, 2.75) is 38.5 Å². The number of aryl methyl sites for hydroxylation is 4. The molecule has 28 nitrogen and oxygen atoms in total. The molecule has 1 aliphatic rings. The third kappa shape index (κ3) is 16.1. The number of carbonyl (C=O) groups excluding carboxylic acids is 10. The number of amides is 10. The minimum atomic E-state index is -0.943. The Balaban J connectivity index is 0.878. The Morgan fingerprint density at radius 2 is 0.856 bits per heavy atom. The minimum absolute atomic E-state index is 0.0455. The monoisotopic (exact) mass is 1230 g/mol. The van der Waals surface area contributed by atoms with E-state index in [1.54, 1.807) is 74.2 Å². The second-order valence-corrected chi connectivity index (χ2v) is 22.3. The molecule has 5 heterocycles. The number of imide groups is 1. The molecule has 0 fully saturated rings. The molecule has 0 bridgehead atoms. The molecule has 0 unspecified atom stereocenters. The molecule has 7 aromatic rings. The van der Waals surface area contributed by atoms with Gasteiger partial charge in [0.2, 0.25) is 11.8 Å². The number of rotatable bonds is 28. The molecule has 0 saturated carbocycles. The lowest BCUT2D eigenvalue weighted by molar-refractivity contribution is -0.384. The molecule has 0 saturated heterocycles. The van der Waals surface area contributed by atoms with Crippen molar-refractivity contribution in [1.29, 1.82) is 0 Å². The molecule has 0 radical (unpaired) electrons. The van der Waals surface area contributed by atoms with Crippen molar-refractivity contribution in [3.05, 3.63) is 153 Å². The van der Waals surface area contributed by atoms with Crippen LogP contribution >= 0.6 is 0 Å². The average molecular weight is 1230 g/mol. The van der Waals surface area contributed by atoms with Crippen molar-refractivity contribution < 1.29 is 52.9 Å². The summed E-state index contributed by atoms with van der Waals surface area (Å²) in [6.45, 7) is 2.48. The summed E-state index contributed by atoms with van der Waals surface area (Å²) in [6, 6.07) is 16.6. The number of nitro benzene ring substituents is 1. The van der Waals surface area contributed by atoms with Crippen molar-refractivity contribution >= 4 is 104 Å². The van der Waals surface area contributed by atoms with Crippen LogP contribution in [0.25, 0.3) is 10.8 Å². The van der Waals surface area contributed by atoms with Gasteiger partial charge in [0.25, 0.3) is 52.9 Å². The Kier molecular flexibility index (Phi) is 20.9. The SMILES string of the molecule is CN(C)CCCNC(=O)c1cc(NC(=O)c2cc(NC(=O)CCCNC(=O)c3cc(C(=O)NCCCC(=O)Nc4cc(C(=O)Nc5cc(C(=O)NCCCN(C)C)n(C)c5)n(C)c4)cc(N4C(=O)c5cccc6cc([N+](=O)[O-])cc(c56)C4=O)c3)cn2C)cn1C. The first-order valence-corrected chi connectivity index (χ1v) is 28.9. The average Bonchev–Trinajstić information content (AvgIpc) is 0.842. The van der Waals surface area contributed by atoms with E-state index >= 15 is 0 Å². The summed E-state index contributed by atoms with van der Waals surface area (Å²) in [5.41, 5.74) is 1.53. The quantitative estimate of drug-likeness (QED) is 0.0138. The van der Waals surface area contributed by atoms with Crippen molar-refractivity contribution in [3.63, 3.8) is 0 Å². The molecule has 28 heteroatoms. The number of hydrogen-bond acceptors (Lipinski definition) is 14. The molecule has 10 amide bonds. The topological polar surface area (TPSA) is 340 Å². The van der Waals surface area contributed by atoms with E-state index in [4.69, 9.17) is 0 Å². The molecule has 90 heavy (non-hydrogen) atoms. The van der Waals surface area contributed by atoms with Crippen LogP contribution in [0.1, 0.15) is 122 Å². The number of nitro groups is 1. The van der Waals surface area contributed by atoms with Crippen molar-refractivity contribution in [2.24, 2.45) is 28.2 Å². The third-order valence-electron chi connectivity index (χ3n) is 14.6. The van der Waals surface area contributed by atoms with E-state index < -0.39 is 57.9 Å². The van der Waals surface area contributed by atoms with Gasteiger partial charge in [-0.15, -0.1) is 0 Å². The second-order valence-electron chi connectivity index (χ2n) is 22.3. The molecule has 1 aliphatic heterocycles. The van der Waals surface area contributed by atoms with E-state index in [1.807, 2.05) is 38.0 Å². The third-order valence-corrected chi connectivity index (χ3v) is 14.6. The summed E-state index contributed by atoms with van der Waals surface area (Å²) in [7, 11) is 14.4. The number of hydrogen-bond donors (Lipinski definition) is 8. The number of anilines is 5. The Morgan fingerprint density at radius 3 is 1.28 bits per heavy atom. The lowest BCUT2D eigenvalue weighted by atomic mass is 9.92. The maximum absolute atomic E-state index is 14.3. The Hall–Kier alpha value is -10.7. The van der Waals surface area contributed by atoms with E-state index in [2.05, 4.69) is 42.5 Å². The van der Waals surface area contributed by atoms with Crippen LogP contribution in [-0.4, -0.2) is 160 Å².